The van der Waals surface area contributed by atoms with Crippen molar-refractivity contribution >= 4 is 0 Å². The Balaban J connectivity index is 1.69. The molecule has 9 N–H and O–H groups in total. The fourth-order valence-corrected chi connectivity index (χ4v) is 6.19. The predicted octanol–water partition coefficient (Wildman–Crippen LogP) is -0.334. The maximum atomic E-state index is 12.6. The Bertz CT molecular complexity index is 1500. The molecule has 0 saturated carbocycles. The molecule has 12 atom stereocenters. The number of hydrogen-bond donors (Lipinski definition) is 9. The lowest BCUT2D eigenvalue weighted by molar-refractivity contribution is -0.335. The summed E-state index contributed by atoms with van der Waals surface area (Å²) in [5.74, 6) is 0.0585. The summed E-state index contributed by atoms with van der Waals surface area (Å²) in [6.45, 7) is 7.78. The molecule has 2 aliphatic heterocycles. The Kier molecular flexibility index (Phi) is 17.3. The average molecular weight is 756 g/mol. The highest BCUT2D eigenvalue weighted by Crippen LogP contribution is 2.30. The summed E-state index contributed by atoms with van der Waals surface area (Å²) in [6.07, 6.45) is -5.71. The van der Waals surface area contributed by atoms with Crippen LogP contribution in [-0.2, 0) is 25.4 Å². The Morgan fingerprint density at radius 1 is 0.868 bits per heavy atom. The summed E-state index contributed by atoms with van der Waals surface area (Å²) in [6, 6.07) is 0. The number of allylic oxidation sites excluding steroid dienone is 5. The van der Waals surface area contributed by atoms with Crippen LogP contribution in [0, 0.1) is 12.8 Å². The predicted molar refractivity (Wildman–Crippen MR) is 191 cm³/mol. The molecular weight excluding hydrogens is 698 g/mol. The van der Waals surface area contributed by atoms with E-state index >= 15 is 0 Å². The summed E-state index contributed by atoms with van der Waals surface area (Å²) >= 11 is 0. The van der Waals surface area contributed by atoms with Gasteiger partial charge in [0.1, 0.15) is 48.8 Å². The molecule has 3 heterocycles. The van der Waals surface area contributed by atoms with Crippen LogP contribution in [0.25, 0.3) is 0 Å². The molecule has 0 radical (unpaired) electrons. The monoisotopic (exact) mass is 755 g/mol. The summed E-state index contributed by atoms with van der Waals surface area (Å²) < 4.78 is 33.3. The average Bonchev–Trinajstić information content (AvgIpc) is 3.13. The quantitative estimate of drug-likeness (QED) is 0.0729. The van der Waals surface area contributed by atoms with Gasteiger partial charge in [0.25, 0.3) is 0 Å². The van der Waals surface area contributed by atoms with Crippen molar-refractivity contribution in [2.45, 2.75) is 115 Å². The van der Waals surface area contributed by atoms with Gasteiger partial charge in [-0.1, -0.05) is 48.5 Å². The molecule has 1 aromatic heterocycles. The molecule has 16 nitrogen and oxygen atoms in total. The molecule has 0 aliphatic carbocycles. The van der Waals surface area contributed by atoms with Crippen LogP contribution in [0.2, 0.25) is 0 Å². The molecular formula is C37H57NO15. The molecule has 2 aliphatic rings. The van der Waals surface area contributed by atoms with Crippen LogP contribution in [0.1, 0.15) is 45.4 Å². The van der Waals surface area contributed by atoms with Crippen LogP contribution in [0.5, 0.6) is 11.6 Å². The Morgan fingerprint density at radius 2 is 1.49 bits per heavy atom. The Labute approximate surface area is 309 Å². The second-order valence-electron chi connectivity index (χ2n) is 13.5. The minimum atomic E-state index is -1.72. The summed E-state index contributed by atoms with van der Waals surface area (Å²) in [4.78, 5) is 15.8. The number of aromatic nitrogens is 1. The van der Waals surface area contributed by atoms with Crippen molar-refractivity contribution in [2.24, 2.45) is 5.92 Å². The van der Waals surface area contributed by atoms with E-state index < -0.39 is 80.7 Å². The van der Waals surface area contributed by atoms with Gasteiger partial charge in [0.15, 0.2) is 12.6 Å². The van der Waals surface area contributed by atoms with Crippen molar-refractivity contribution in [1.29, 1.82) is 0 Å². The highest BCUT2D eigenvalue weighted by atomic mass is 16.7. The zero-order valence-electron chi connectivity index (χ0n) is 31.3. The number of aliphatic hydroxyl groups is 8. The van der Waals surface area contributed by atoms with Crippen LogP contribution < -0.4 is 14.9 Å². The molecule has 16 heteroatoms. The minimum Gasteiger partial charge on any atom is -0.488 e. The van der Waals surface area contributed by atoms with Crippen molar-refractivity contribution in [1.82, 2.24) is 4.98 Å². The summed E-state index contributed by atoms with van der Waals surface area (Å²) in [5.41, 5.74) is 3.60. The number of pyridine rings is 1. The summed E-state index contributed by atoms with van der Waals surface area (Å²) in [7, 11) is 2.88. The van der Waals surface area contributed by atoms with E-state index in [0.29, 0.717) is 24.0 Å². The molecule has 53 heavy (non-hydrogen) atoms. The molecule has 0 aromatic carbocycles. The highest BCUT2D eigenvalue weighted by Gasteiger charge is 2.48. The molecule has 0 bridgehead atoms. The van der Waals surface area contributed by atoms with E-state index in [-0.39, 0.29) is 29.6 Å². The zero-order chi connectivity index (χ0) is 39.6. The Morgan fingerprint density at radius 3 is 2.09 bits per heavy atom. The van der Waals surface area contributed by atoms with Gasteiger partial charge in [-0.2, -0.15) is 0 Å². The van der Waals surface area contributed by atoms with Crippen molar-refractivity contribution in [2.75, 3.05) is 34.0 Å². The number of rotatable bonds is 17. The third-order valence-corrected chi connectivity index (χ3v) is 9.44. The minimum absolute atomic E-state index is 0.131. The van der Waals surface area contributed by atoms with E-state index in [1.807, 2.05) is 45.1 Å². The molecule has 2 saturated heterocycles. The van der Waals surface area contributed by atoms with Gasteiger partial charge in [-0.3, -0.25) is 4.79 Å². The first-order chi connectivity index (χ1) is 25.1. The van der Waals surface area contributed by atoms with Crippen molar-refractivity contribution in [3.63, 3.8) is 0 Å². The van der Waals surface area contributed by atoms with Crippen LogP contribution in [-0.4, -0.2) is 147 Å². The van der Waals surface area contributed by atoms with Gasteiger partial charge in [0.2, 0.25) is 17.1 Å². The molecule has 300 valence electrons. The maximum Gasteiger partial charge on any atom is 0.238 e. The fraction of sp³-hybridized carbons (Fsp3) is 0.649. The van der Waals surface area contributed by atoms with E-state index in [1.165, 1.54) is 14.2 Å². The van der Waals surface area contributed by atoms with E-state index in [2.05, 4.69) is 4.98 Å². The van der Waals surface area contributed by atoms with Crippen molar-refractivity contribution in [3.8, 4) is 11.6 Å². The van der Waals surface area contributed by atoms with Crippen molar-refractivity contribution < 1.29 is 69.3 Å². The standard InChI is InChI=1S/C37H57NO15/c1-18(11-12-23-22(5)26(41)34(48-6)35(38-23)49-7)9-8-10-19(2)15-21(4)33(20(3)13-14-39)53-37-32(47)30(45)28(43)25(52-37)17-50-36-31(46)29(44)27(42)24(16-40)51-36/h8,10-11,13,15,21,24-25,27-33,36-37,39-40,42-47H,9,12,14,16-17H2,1-7H3,(H,38,41)/b10-8+,18-11+,19-15+,20-13+/t21-,24-,25-,27-,28-,29+,30+,31-,32-,33+,36+,37+/m1/s1. The number of methoxy groups -OCH3 is 2. The van der Waals surface area contributed by atoms with Gasteiger partial charge < -0.3 is 74.3 Å². The van der Waals surface area contributed by atoms with Crippen LogP contribution in [0.3, 0.4) is 0 Å². The van der Waals surface area contributed by atoms with Crippen LogP contribution in [0.15, 0.2) is 51.9 Å². The lowest BCUT2D eigenvalue weighted by Gasteiger charge is -2.43. The van der Waals surface area contributed by atoms with Gasteiger partial charge in [0, 0.05) is 23.6 Å². The van der Waals surface area contributed by atoms with E-state index in [9.17, 15) is 45.6 Å². The van der Waals surface area contributed by atoms with E-state index in [1.54, 1.807) is 19.9 Å². The molecule has 0 amide bonds. The third-order valence-electron chi connectivity index (χ3n) is 9.44. The van der Waals surface area contributed by atoms with E-state index in [4.69, 9.17) is 28.4 Å². The molecule has 0 spiro atoms. The number of ether oxygens (including phenoxy) is 6. The number of H-pyrrole nitrogens is 1. The SMILES string of the molecule is COc1[nH]c(C/C=C(\C)C/C=C/C(C)=C/[C@@H](C)[C@@H](O[C@@H]2O[C@H](CO[C@H]3O[C@H](CO)[C@@H](O)[C@H](O)[C@H]3O)[C@@H](O)[C@H](O)[C@H]2O)/C(C)=C/CO)c(C)c(=O)c1OC. The zero-order valence-corrected chi connectivity index (χ0v) is 31.3. The van der Waals surface area contributed by atoms with Gasteiger partial charge in [0.05, 0.1) is 40.1 Å². The first kappa shape index (κ1) is 44.4. The number of aromatic amines is 1. The lowest BCUT2D eigenvalue weighted by atomic mass is 9.94. The third kappa shape index (κ3) is 11.3. The topological polar surface area (TPSA) is 250 Å². The largest absolute Gasteiger partial charge is 0.488 e. The van der Waals surface area contributed by atoms with Gasteiger partial charge in [-0.15, -0.1) is 0 Å². The first-order valence-electron chi connectivity index (χ1n) is 17.5. The van der Waals surface area contributed by atoms with E-state index in [0.717, 1.165) is 16.8 Å². The molecule has 2 fully saturated rings. The normalized spacial score (nSPS) is 31.5. The van der Waals surface area contributed by atoms with Gasteiger partial charge in [-0.05, 0) is 39.7 Å². The maximum absolute atomic E-state index is 12.6. The smallest absolute Gasteiger partial charge is 0.238 e. The number of nitrogens with one attached hydrogen (secondary N) is 1. The van der Waals surface area contributed by atoms with Crippen molar-refractivity contribution in [3.05, 3.63) is 68.6 Å². The van der Waals surface area contributed by atoms with Gasteiger partial charge >= 0.3 is 0 Å². The van der Waals surface area contributed by atoms with Crippen LogP contribution >= 0.6 is 0 Å². The Hall–Kier alpha value is -2.97. The lowest BCUT2D eigenvalue weighted by Crippen LogP contribution is -2.62. The number of aliphatic hydroxyl groups excluding tert-OH is 8. The molecule has 1 aromatic rings. The first-order valence-corrected chi connectivity index (χ1v) is 17.5. The highest BCUT2D eigenvalue weighted by molar-refractivity contribution is 5.40. The van der Waals surface area contributed by atoms with Gasteiger partial charge in [-0.25, -0.2) is 0 Å². The fourth-order valence-electron chi connectivity index (χ4n) is 6.19. The summed E-state index contributed by atoms with van der Waals surface area (Å²) in [5, 5.41) is 81.6. The molecule has 0 unspecified atom stereocenters. The molecule has 3 rings (SSSR count). The second-order valence-corrected chi connectivity index (χ2v) is 13.5. The van der Waals surface area contributed by atoms with Crippen LogP contribution in [0.4, 0.5) is 0 Å². The second kappa shape index (κ2) is 20.6. The number of hydrogen-bond acceptors (Lipinski definition) is 15.